The van der Waals surface area contributed by atoms with Crippen molar-refractivity contribution in [3.63, 3.8) is 0 Å². The van der Waals surface area contributed by atoms with Crippen LogP contribution in [-0.4, -0.2) is 38.3 Å². The molecule has 0 saturated carbocycles. The third-order valence-corrected chi connectivity index (χ3v) is 2.26. The van der Waals surface area contributed by atoms with E-state index in [0.717, 1.165) is 0 Å². The second-order valence-electron chi connectivity index (χ2n) is 3.72. The summed E-state index contributed by atoms with van der Waals surface area (Å²) < 4.78 is 10.4. The SMILES string of the molecule is C[P+](C)(C)OC1OC(=O)CC1N. The van der Waals surface area contributed by atoms with Crippen LogP contribution >= 0.6 is 7.49 Å². The molecule has 1 rings (SSSR count). The molecule has 1 saturated heterocycles. The zero-order chi connectivity index (χ0) is 9.35. The van der Waals surface area contributed by atoms with Crippen LogP contribution < -0.4 is 5.73 Å². The van der Waals surface area contributed by atoms with Crippen LogP contribution in [-0.2, 0) is 14.1 Å². The molecule has 0 radical (unpaired) electrons. The fraction of sp³-hybridized carbons (Fsp3) is 0.857. The molecule has 1 heterocycles. The van der Waals surface area contributed by atoms with Crippen molar-refractivity contribution >= 4 is 13.5 Å². The summed E-state index contributed by atoms with van der Waals surface area (Å²) in [5.41, 5.74) is 5.62. The molecule has 0 aliphatic carbocycles. The topological polar surface area (TPSA) is 61.5 Å². The van der Waals surface area contributed by atoms with E-state index in [-0.39, 0.29) is 18.4 Å². The Bertz CT molecular complexity index is 190. The van der Waals surface area contributed by atoms with Crippen LogP contribution in [0.15, 0.2) is 0 Å². The molecule has 1 aliphatic heterocycles. The summed E-state index contributed by atoms with van der Waals surface area (Å²) in [6, 6.07) is -0.295. The van der Waals surface area contributed by atoms with Gasteiger partial charge in [0, 0.05) is 0 Å². The lowest BCUT2D eigenvalue weighted by Gasteiger charge is -2.18. The maximum absolute atomic E-state index is 10.8. The molecule has 12 heavy (non-hydrogen) atoms. The van der Waals surface area contributed by atoms with Gasteiger partial charge in [-0.3, -0.25) is 4.79 Å². The van der Waals surface area contributed by atoms with E-state index in [1.165, 1.54) is 0 Å². The maximum atomic E-state index is 10.8. The van der Waals surface area contributed by atoms with E-state index >= 15 is 0 Å². The lowest BCUT2D eigenvalue weighted by atomic mass is 10.3. The molecule has 0 aromatic carbocycles. The molecule has 0 aromatic rings. The number of nitrogens with two attached hydrogens (primary N) is 1. The number of cyclic esters (lactones) is 1. The van der Waals surface area contributed by atoms with E-state index in [4.69, 9.17) is 15.0 Å². The van der Waals surface area contributed by atoms with Gasteiger partial charge in [-0.1, -0.05) is 0 Å². The first-order valence-corrected chi connectivity index (χ1v) is 6.88. The number of ether oxygens (including phenoxy) is 1. The summed E-state index contributed by atoms with van der Waals surface area (Å²) in [6.07, 6.45) is -0.254. The smallest absolute Gasteiger partial charge is 0.310 e. The minimum atomic E-state index is -1.39. The van der Waals surface area contributed by atoms with Crippen molar-refractivity contribution in [3.8, 4) is 0 Å². The van der Waals surface area contributed by atoms with Crippen LogP contribution in [0.5, 0.6) is 0 Å². The first-order valence-electron chi connectivity index (χ1n) is 3.83. The van der Waals surface area contributed by atoms with Gasteiger partial charge in [0.25, 0.3) is 6.29 Å². The van der Waals surface area contributed by atoms with Gasteiger partial charge in [-0.25, -0.2) is 0 Å². The first-order chi connectivity index (χ1) is 5.38. The van der Waals surface area contributed by atoms with Crippen LogP contribution in [0.1, 0.15) is 6.42 Å². The normalized spacial score (nSPS) is 30.5. The van der Waals surface area contributed by atoms with E-state index < -0.39 is 13.8 Å². The molecule has 0 amide bonds. The molecular formula is C7H15NO3P+. The highest BCUT2D eigenvalue weighted by Crippen LogP contribution is 2.50. The molecule has 0 bridgehead atoms. The van der Waals surface area contributed by atoms with Crippen LogP contribution in [0.2, 0.25) is 0 Å². The van der Waals surface area contributed by atoms with E-state index in [0.29, 0.717) is 0 Å². The average Bonchev–Trinajstić information content (AvgIpc) is 2.06. The van der Waals surface area contributed by atoms with Crippen molar-refractivity contribution in [2.45, 2.75) is 18.8 Å². The Morgan fingerprint density at radius 1 is 1.58 bits per heavy atom. The quantitative estimate of drug-likeness (QED) is 0.509. The summed E-state index contributed by atoms with van der Waals surface area (Å²) in [4.78, 5) is 10.8. The Morgan fingerprint density at radius 3 is 2.50 bits per heavy atom. The highest BCUT2D eigenvalue weighted by molar-refractivity contribution is 7.69. The number of hydrogen-bond acceptors (Lipinski definition) is 4. The molecule has 5 heteroatoms. The monoisotopic (exact) mass is 192 g/mol. The highest BCUT2D eigenvalue weighted by atomic mass is 31.2. The largest absolute Gasteiger partial charge is 0.430 e. The van der Waals surface area contributed by atoms with Crippen LogP contribution in [0.3, 0.4) is 0 Å². The summed E-state index contributed by atoms with van der Waals surface area (Å²) in [7, 11) is -1.39. The van der Waals surface area contributed by atoms with Gasteiger partial charge in [0.15, 0.2) is 0 Å². The van der Waals surface area contributed by atoms with Crippen molar-refractivity contribution in [2.75, 3.05) is 20.0 Å². The lowest BCUT2D eigenvalue weighted by molar-refractivity contribution is -0.150. The lowest BCUT2D eigenvalue weighted by Crippen LogP contribution is -2.32. The number of esters is 1. The maximum Gasteiger partial charge on any atom is 0.310 e. The molecule has 0 aromatic heterocycles. The molecule has 0 spiro atoms. The third kappa shape index (κ3) is 2.70. The minimum Gasteiger partial charge on any atom is -0.430 e. The molecule has 2 N–H and O–H groups in total. The molecular weight excluding hydrogens is 177 g/mol. The van der Waals surface area contributed by atoms with Crippen molar-refractivity contribution in [1.29, 1.82) is 0 Å². The Morgan fingerprint density at radius 2 is 2.17 bits per heavy atom. The van der Waals surface area contributed by atoms with Gasteiger partial charge < -0.3 is 10.5 Å². The second kappa shape index (κ2) is 3.29. The van der Waals surface area contributed by atoms with Crippen molar-refractivity contribution in [3.05, 3.63) is 0 Å². The number of carbonyl (C=O) groups excluding carboxylic acids is 1. The fourth-order valence-electron chi connectivity index (χ4n) is 0.965. The summed E-state index contributed by atoms with van der Waals surface area (Å²) in [5.74, 6) is -0.263. The summed E-state index contributed by atoms with van der Waals surface area (Å²) in [5, 5.41) is 0. The fourth-order valence-corrected chi connectivity index (χ4v) is 1.79. The molecule has 4 nitrogen and oxygen atoms in total. The third-order valence-electron chi connectivity index (χ3n) is 1.42. The molecule has 1 fully saturated rings. The predicted molar refractivity (Wildman–Crippen MR) is 48.2 cm³/mol. The van der Waals surface area contributed by atoms with Crippen LogP contribution in [0, 0.1) is 0 Å². The van der Waals surface area contributed by atoms with Gasteiger partial charge in [0.2, 0.25) is 0 Å². The standard InChI is InChI=1S/C7H15NO3P/c1-12(2,3)11-7-5(8)4-6(9)10-7/h5,7H,4,8H2,1-3H3/q+1. The van der Waals surface area contributed by atoms with Crippen molar-refractivity contribution < 1.29 is 14.1 Å². The molecule has 2 atom stereocenters. The minimum absolute atomic E-state index is 0.263. The number of rotatable bonds is 2. The van der Waals surface area contributed by atoms with Crippen LogP contribution in [0.4, 0.5) is 0 Å². The number of hydrogen-bond donors (Lipinski definition) is 1. The zero-order valence-electron chi connectivity index (χ0n) is 7.61. The van der Waals surface area contributed by atoms with Gasteiger partial charge in [0.05, 0.1) is 32.5 Å². The Balaban J connectivity index is 2.48. The summed E-state index contributed by atoms with van der Waals surface area (Å²) >= 11 is 0. The Hall–Kier alpha value is -0.180. The van der Waals surface area contributed by atoms with E-state index in [1.54, 1.807) is 0 Å². The zero-order valence-corrected chi connectivity index (χ0v) is 8.51. The number of carbonyl (C=O) groups is 1. The molecule has 2 unspecified atom stereocenters. The Labute approximate surface area is 72.8 Å². The first kappa shape index (κ1) is 9.90. The van der Waals surface area contributed by atoms with Crippen molar-refractivity contribution in [1.82, 2.24) is 0 Å². The van der Waals surface area contributed by atoms with Gasteiger partial charge in [-0.05, 0) is 0 Å². The Kier molecular flexibility index (Phi) is 2.71. The van der Waals surface area contributed by atoms with E-state index in [9.17, 15) is 4.79 Å². The second-order valence-corrected chi connectivity index (χ2v) is 7.71. The van der Waals surface area contributed by atoms with Crippen LogP contribution in [0.25, 0.3) is 0 Å². The van der Waals surface area contributed by atoms with Crippen molar-refractivity contribution in [2.24, 2.45) is 5.73 Å². The van der Waals surface area contributed by atoms with E-state index in [1.807, 2.05) is 20.0 Å². The summed E-state index contributed by atoms with van der Waals surface area (Å²) in [6.45, 7) is 6.02. The molecule has 1 aliphatic rings. The average molecular weight is 192 g/mol. The van der Waals surface area contributed by atoms with Gasteiger partial charge in [-0.15, -0.1) is 0 Å². The highest BCUT2D eigenvalue weighted by Gasteiger charge is 2.39. The molecule has 70 valence electrons. The predicted octanol–water partition coefficient (Wildman–Crippen LogP) is 0.425. The van der Waals surface area contributed by atoms with Gasteiger partial charge >= 0.3 is 5.97 Å². The van der Waals surface area contributed by atoms with E-state index in [2.05, 4.69) is 0 Å². The van der Waals surface area contributed by atoms with Gasteiger partial charge in [0.1, 0.15) is 7.49 Å². The van der Waals surface area contributed by atoms with Gasteiger partial charge in [-0.2, -0.15) is 4.52 Å².